The van der Waals surface area contributed by atoms with Crippen molar-refractivity contribution in [2.75, 3.05) is 25.0 Å². The van der Waals surface area contributed by atoms with Gasteiger partial charge in [-0.3, -0.25) is 14.5 Å². The van der Waals surface area contributed by atoms with E-state index in [9.17, 15) is 9.59 Å². The lowest BCUT2D eigenvalue weighted by Gasteiger charge is -2.30. The zero-order valence-electron chi connectivity index (χ0n) is 17.0. The van der Waals surface area contributed by atoms with Gasteiger partial charge in [0.05, 0.1) is 11.6 Å². The van der Waals surface area contributed by atoms with Gasteiger partial charge >= 0.3 is 0 Å². The van der Waals surface area contributed by atoms with Crippen molar-refractivity contribution < 1.29 is 9.59 Å². The first-order valence-electron chi connectivity index (χ1n) is 10.6. The van der Waals surface area contributed by atoms with Gasteiger partial charge in [-0.05, 0) is 68.6 Å². The zero-order valence-corrected chi connectivity index (χ0v) is 17.9. The maximum absolute atomic E-state index is 12.5. The van der Waals surface area contributed by atoms with E-state index in [1.165, 1.54) is 0 Å². The maximum Gasteiger partial charge on any atom is 0.238 e. The first-order chi connectivity index (χ1) is 14.7. The summed E-state index contributed by atoms with van der Waals surface area (Å²) in [7, 11) is 0. The van der Waals surface area contributed by atoms with Crippen molar-refractivity contribution >= 4 is 29.3 Å². The molecule has 1 aliphatic heterocycles. The summed E-state index contributed by atoms with van der Waals surface area (Å²) in [6.45, 7) is 1.94. The summed E-state index contributed by atoms with van der Waals surface area (Å²) < 4.78 is 0. The van der Waals surface area contributed by atoms with E-state index >= 15 is 0 Å². The summed E-state index contributed by atoms with van der Waals surface area (Å²) in [5.41, 5.74) is 1.96. The molecule has 4 rings (SSSR count). The molecule has 158 valence electrons. The van der Waals surface area contributed by atoms with Crippen molar-refractivity contribution in [3.63, 3.8) is 0 Å². The van der Waals surface area contributed by atoms with Crippen LogP contribution in [0.3, 0.4) is 0 Å². The lowest BCUT2D eigenvalue weighted by Crippen LogP contribution is -2.43. The molecule has 0 radical (unpaired) electrons. The number of carbonyl (C=O) groups excluding carboxylic acids is 2. The number of benzene rings is 1. The number of pyridine rings is 1. The van der Waals surface area contributed by atoms with E-state index < -0.39 is 0 Å². The van der Waals surface area contributed by atoms with Gasteiger partial charge in [-0.15, -0.1) is 11.8 Å². The van der Waals surface area contributed by atoms with Crippen molar-refractivity contribution in [1.82, 2.24) is 15.2 Å². The lowest BCUT2D eigenvalue weighted by atomic mass is 9.96. The molecule has 2 N–H and O–H groups in total. The van der Waals surface area contributed by atoms with Crippen LogP contribution in [0.1, 0.15) is 31.2 Å². The Hall–Kier alpha value is -2.38. The van der Waals surface area contributed by atoms with Gasteiger partial charge in [0.2, 0.25) is 11.8 Å². The Morgan fingerprint density at radius 2 is 1.90 bits per heavy atom. The van der Waals surface area contributed by atoms with Crippen LogP contribution in [0.4, 0.5) is 5.69 Å². The quantitative estimate of drug-likeness (QED) is 0.636. The number of likely N-dealkylation sites (tertiary alicyclic amines) is 1. The fourth-order valence-electron chi connectivity index (χ4n) is 3.63. The van der Waals surface area contributed by atoms with Crippen LogP contribution in [-0.4, -0.2) is 47.4 Å². The SMILES string of the molecule is O=C(CN1CCC(C(=O)NC2CC2)CC1)Nc1cccc(CSc2ccccn2)c1. The van der Waals surface area contributed by atoms with Crippen molar-refractivity contribution in [2.45, 2.75) is 42.5 Å². The monoisotopic (exact) mass is 424 g/mol. The number of hydrogen-bond acceptors (Lipinski definition) is 5. The van der Waals surface area contributed by atoms with Gasteiger partial charge in [0.25, 0.3) is 0 Å². The molecular weight excluding hydrogens is 396 g/mol. The highest BCUT2D eigenvalue weighted by Gasteiger charge is 2.30. The fraction of sp³-hybridized carbons (Fsp3) is 0.435. The number of thioether (sulfide) groups is 1. The van der Waals surface area contributed by atoms with Crippen LogP contribution in [0.2, 0.25) is 0 Å². The predicted molar refractivity (Wildman–Crippen MR) is 119 cm³/mol. The van der Waals surface area contributed by atoms with Gasteiger partial charge in [-0.1, -0.05) is 18.2 Å². The normalized spacial score (nSPS) is 17.5. The Kier molecular flexibility index (Phi) is 7.02. The van der Waals surface area contributed by atoms with Crippen molar-refractivity contribution in [3.8, 4) is 0 Å². The number of anilines is 1. The topological polar surface area (TPSA) is 74.3 Å². The van der Waals surface area contributed by atoms with Gasteiger partial charge in [0.15, 0.2) is 0 Å². The Bertz CT molecular complexity index is 865. The van der Waals surface area contributed by atoms with Crippen LogP contribution in [0.5, 0.6) is 0 Å². The molecular formula is C23H28N4O2S. The number of carbonyl (C=O) groups is 2. The lowest BCUT2D eigenvalue weighted by molar-refractivity contribution is -0.126. The van der Waals surface area contributed by atoms with Crippen molar-refractivity contribution in [2.24, 2.45) is 5.92 Å². The van der Waals surface area contributed by atoms with Gasteiger partial charge in [-0.25, -0.2) is 4.98 Å². The number of hydrogen-bond donors (Lipinski definition) is 2. The Labute approximate surface area is 181 Å². The number of amides is 2. The minimum absolute atomic E-state index is 0.00888. The fourth-order valence-corrected chi connectivity index (χ4v) is 4.44. The summed E-state index contributed by atoms with van der Waals surface area (Å²) in [5, 5.41) is 7.09. The molecule has 6 nitrogen and oxygen atoms in total. The summed E-state index contributed by atoms with van der Waals surface area (Å²) in [5.74, 6) is 1.09. The standard InChI is InChI=1S/C23H28N4O2S/c28-21(15-27-12-9-18(10-13-27)23(29)26-19-7-8-19)25-20-5-3-4-17(14-20)16-30-22-6-1-2-11-24-22/h1-6,11,14,18-19H,7-10,12-13,15-16H2,(H,25,28)(H,26,29). The zero-order chi connectivity index (χ0) is 20.8. The first-order valence-corrected chi connectivity index (χ1v) is 11.6. The second kappa shape index (κ2) is 10.1. The molecule has 1 aromatic carbocycles. The maximum atomic E-state index is 12.5. The number of nitrogens with zero attached hydrogens (tertiary/aromatic N) is 2. The molecule has 30 heavy (non-hydrogen) atoms. The molecule has 1 aliphatic carbocycles. The summed E-state index contributed by atoms with van der Waals surface area (Å²) >= 11 is 1.67. The van der Waals surface area contributed by atoms with E-state index in [1.54, 1.807) is 18.0 Å². The molecule has 2 heterocycles. The van der Waals surface area contributed by atoms with Gasteiger partial charge in [0, 0.05) is 29.6 Å². The average Bonchev–Trinajstić information content (AvgIpc) is 3.58. The van der Waals surface area contributed by atoms with E-state index in [2.05, 4.69) is 26.6 Å². The Morgan fingerprint density at radius 1 is 1.07 bits per heavy atom. The van der Waals surface area contributed by atoms with Crippen LogP contribution >= 0.6 is 11.8 Å². The summed E-state index contributed by atoms with van der Waals surface area (Å²) in [4.78, 5) is 31.1. The molecule has 2 aromatic rings. The van der Waals surface area contributed by atoms with Crippen molar-refractivity contribution in [3.05, 3.63) is 54.2 Å². The molecule has 0 atom stereocenters. The van der Waals surface area contributed by atoms with E-state index in [1.807, 2.05) is 36.4 Å². The third-order valence-corrected chi connectivity index (χ3v) is 6.50. The highest BCUT2D eigenvalue weighted by molar-refractivity contribution is 7.98. The number of aromatic nitrogens is 1. The molecule has 1 aromatic heterocycles. The first kappa shape index (κ1) is 20.9. The van der Waals surface area contributed by atoms with Crippen LogP contribution < -0.4 is 10.6 Å². The second-order valence-corrected chi connectivity index (χ2v) is 9.03. The van der Waals surface area contributed by atoms with E-state index in [-0.39, 0.29) is 17.7 Å². The van der Waals surface area contributed by atoms with Crippen LogP contribution in [0, 0.1) is 5.92 Å². The summed E-state index contributed by atoms with van der Waals surface area (Å²) in [6.07, 6.45) is 5.68. The van der Waals surface area contributed by atoms with Crippen molar-refractivity contribution in [1.29, 1.82) is 0 Å². The van der Waals surface area contributed by atoms with E-state index in [0.29, 0.717) is 12.6 Å². The summed E-state index contributed by atoms with van der Waals surface area (Å²) in [6, 6.07) is 14.3. The molecule has 0 unspecified atom stereocenters. The molecule has 0 spiro atoms. The van der Waals surface area contributed by atoms with E-state index in [4.69, 9.17) is 0 Å². The van der Waals surface area contributed by atoms with Gasteiger partial charge in [-0.2, -0.15) is 0 Å². The molecule has 2 fully saturated rings. The Balaban J connectivity index is 1.21. The highest BCUT2D eigenvalue weighted by Crippen LogP contribution is 2.23. The van der Waals surface area contributed by atoms with Gasteiger partial charge < -0.3 is 10.6 Å². The minimum Gasteiger partial charge on any atom is -0.353 e. The molecule has 2 aliphatic rings. The van der Waals surface area contributed by atoms with Gasteiger partial charge in [0.1, 0.15) is 0 Å². The number of nitrogens with one attached hydrogen (secondary N) is 2. The third kappa shape index (κ3) is 6.31. The second-order valence-electron chi connectivity index (χ2n) is 8.04. The molecule has 7 heteroatoms. The molecule has 1 saturated carbocycles. The third-order valence-electron chi connectivity index (χ3n) is 5.48. The average molecular weight is 425 g/mol. The van der Waals surface area contributed by atoms with Crippen LogP contribution in [-0.2, 0) is 15.3 Å². The number of rotatable bonds is 8. The molecule has 2 amide bonds. The smallest absolute Gasteiger partial charge is 0.238 e. The largest absolute Gasteiger partial charge is 0.353 e. The Morgan fingerprint density at radius 3 is 2.63 bits per heavy atom. The highest BCUT2D eigenvalue weighted by atomic mass is 32.2. The van der Waals surface area contributed by atoms with Crippen LogP contribution in [0.25, 0.3) is 0 Å². The number of piperidine rings is 1. The molecule has 1 saturated heterocycles. The predicted octanol–water partition coefficient (Wildman–Crippen LogP) is 3.30. The molecule has 0 bridgehead atoms. The van der Waals surface area contributed by atoms with E-state index in [0.717, 1.165) is 60.8 Å². The minimum atomic E-state index is -0.00888. The van der Waals surface area contributed by atoms with Crippen LogP contribution in [0.15, 0.2) is 53.7 Å².